The molecule has 2 aromatic carbocycles. The highest BCUT2D eigenvalue weighted by Crippen LogP contribution is 2.31. The highest BCUT2D eigenvalue weighted by atomic mass is 79.9. The number of rotatable bonds is 7. The van der Waals surface area contributed by atoms with Crippen molar-refractivity contribution in [1.29, 1.82) is 0 Å². The van der Waals surface area contributed by atoms with E-state index in [0.29, 0.717) is 24.5 Å². The number of hydrogen-bond donors (Lipinski definition) is 0. The summed E-state index contributed by atoms with van der Waals surface area (Å²) in [7, 11) is -2.58. The second-order valence-corrected chi connectivity index (χ2v) is 10.5. The molecule has 0 spiro atoms. The molecule has 2 aliphatic rings. The summed E-state index contributed by atoms with van der Waals surface area (Å²) in [6.07, 6.45) is 0.966. The second kappa shape index (κ2) is 9.30. The van der Waals surface area contributed by atoms with Gasteiger partial charge in [0, 0.05) is 17.6 Å². The number of imide groups is 1. The Bertz CT molecular complexity index is 1100. The first-order chi connectivity index (χ1) is 15.3. The van der Waals surface area contributed by atoms with Crippen LogP contribution in [-0.2, 0) is 24.3 Å². The standard InChI is InChI=1S/C22H23BrN2O6S/c1-30-17-8-10-19(11-9-17)32(28,29)24(14-18-3-2-12-31-18)20-13-21(26)25(22(20)27)16-6-4-15(23)5-7-16/h4-11,18,20H,2-3,12-14H2,1H3. The van der Waals surface area contributed by atoms with Gasteiger partial charge in [0.25, 0.3) is 5.91 Å². The number of sulfonamides is 1. The maximum absolute atomic E-state index is 13.6. The SMILES string of the molecule is COc1ccc(S(=O)(=O)N(CC2CCCO2)C2CC(=O)N(c3ccc(Br)cc3)C2=O)cc1. The van der Waals surface area contributed by atoms with E-state index in [9.17, 15) is 18.0 Å². The molecule has 4 rings (SSSR count). The van der Waals surface area contributed by atoms with Gasteiger partial charge in [0.1, 0.15) is 11.8 Å². The molecule has 2 unspecified atom stereocenters. The summed E-state index contributed by atoms with van der Waals surface area (Å²) < 4.78 is 39.9. The van der Waals surface area contributed by atoms with Crippen LogP contribution in [0.1, 0.15) is 19.3 Å². The van der Waals surface area contributed by atoms with Crippen LogP contribution < -0.4 is 9.64 Å². The normalized spacial score (nSPS) is 21.5. The van der Waals surface area contributed by atoms with Crippen LogP contribution in [0.4, 0.5) is 5.69 Å². The summed E-state index contributed by atoms with van der Waals surface area (Å²) in [6, 6.07) is 11.6. The van der Waals surface area contributed by atoms with Crippen molar-refractivity contribution in [1.82, 2.24) is 4.31 Å². The third-order valence-electron chi connectivity index (χ3n) is 5.63. The average Bonchev–Trinajstić information content (AvgIpc) is 3.40. The Balaban J connectivity index is 1.68. The van der Waals surface area contributed by atoms with Gasteiger partial charge in [-0.3, -0.25) is 9.59 Å². The minimum atomic E-state index is -4.08. The lowest BCUT2D eigenvalue weighted by Crippen LogP contribution is -2.48. The van der Waals surface area contributed by atoms with Crippen LogP contribution in [-0.4, -0.2) is 56.9 Å². The van der Waals surface area contributed by atoms with Crippen molar-refractivity contribution in [2.24, 2.45) is 0 Å². The number of hydrogen-bond acceptors (Lipinski definition) is 6. The maximum Gasteiger partial charge on any atom is 0.252 e. The molecular formula is C22H23BrN2O6S. The Morgan fingerprint density at radius 2 is 1.81 bits per heavy atom. The molecule has 0 radical (unpaired) electrons. The Morgan fingerprint density at radius 3 is 2.41 bits per heavy atom. The summed E-state index contributed by atoms with van der Waals surface area (Å²) in [5.74, 6) is -0.486. The molecule has 0 aromatic heterocycles. The summed E-state index contributed by atoms with van der Waals surface area (Å²) in [5, 5.41) is 0. The summed E-state index contributed by atoms with van der Waals surface area (Å²) in [5.41, 5.74) is 0.407. The number of anilines is 1. The molecule has 2 heterocycles. The number of carbonyl (C=O) groups excluding carboxylic acids is 2. The van der Waals surface area contributed by atoms with Gasteiger partial charge in [-0.25, -0.2) is 13.3 Å². The molecule has 2 amide bonds. The van der Waals surface area contributed by atoms with Crippen LogP contribution in [0.3, 0.4) is 0 Å². The quantitative estimate of drug-likeness (QED) is 0.519. The highest BCUT2D eigenvalue weighted by molar-refractivity contribution is 9.10. The topological polar surface area (TPSA) is 93.2 Å². The molecule has 2 aliphatic heterocycles. The van der Waals surface area contributed by atoms with Gasteiger partial charge in [-0.2, -0.15) is 4.31 Å². The van der Waals surface area contributed by atoms with E-state index in [-0.39, 0.29) is 24.0 Å². The monoisotopic (exact) mass is 522 g/mol. The van der Waals surface area contributed by atoms with Gasteiger partial charge in [-0.1, -0.05) is 15.9 Å². The first-order valence-electron chi connectivity index (χ1n) is 10.2. The van der Waals surface area contributed by atoms with Gasteiger partial charge in [-0.05, 0) is 61.4 Å². The van der Waals surface area contributed by atoms with Crippen LogP contribution in [0.15, 0.2) is 57.9 Å². The highest BCUT2D eigenvalue weighted by Gasteiger charge is 2.47. The predicted octanol–water partition coefficient (Wildman–Crippen LogP) is 2.96. The Labute approximate surface area is 195 Å². The summed E-state index contributed by atoms with van der Waals surface area (Å²) in [6.45, 7) is 0.551. The van der Waals surface area contributed by atoms with E-state index in [0.717, 1.165) is 20.1 Å². The van der Waals surface area contributed by atoms with E-state index >= 15 is 0 Å². The minimum Gasteiger partial charge on any atom is -0.497 e. The van der Waals surface area contributed by atoms with Crippen LogP contribution in [0, 0.1) is 0 Å². The molecule has 32 heavy (non-hydrogen) atoms. The van der Waals surface area contributed by atoms with Crippen LogP contribution in [0.5, 0.6) is 5.75 Å². The third-order valence-corrected chi connectivity index (χ3v) is 8.05. The Morgan fingerprint density at radius 1 is 1.12 bits per heavy atom. The molecule has 8 nitrogen and oxygen atoms in total. The first-order valence-corrected chi connectivity index (χ1v) is 12.4. The van der Waals surface area contributed by atoms with Crippen molar-refractivity contribution < 1.29 is 27.5 Å². The van der Waals surface area contributed by atoms with E-state index in [4.69, 9.17) is 9.47 Å². The maximum atomic E-state index is 13.6. The zero-order valence-corrected chi connectivity index (χ0v) is 19.8. The molecular weight excluding hydrogens is 500 g/mol. The van der Waals surface area contributed by atoms with Crippen molar-refractivity contribution in [3.63, 3.8) is 0 Å². The number of ether oxygens (including phenoxy) is 2. The van der Waals surface area contributed by atoms with Gasteiger partial charge in [0.15, 0.2) is 0 Å². The van der Waals surface area contributed by atoms with Crippen LogP contribution in [0.2, 0.25) is 0 Å². The van der Waals surface area contributed by atoms with Crippen molar-refractivity contribution in [2.75, 3.05) is 25.2 Å². The molecule has 2 fully saturated rings. The lowest BCUT2D eigenvalue weighted by molar-refractivity contribution is -0.122. The van der Waals surface area contributed by atoms with E-state index in [1.807, 2.05) is 0 Å². The van der Waals surface area contributed by atoms with Crippen molar-refractivity contribution in [3.8, 4) is 5.75 Å². The van der Waals surface area contributed by atoms with E-state index < -0.39 is 27.9 Å². The largest absolute Gasteiger partial charge is 0.497 e. The van der Waals surface area contributed by atoms with Crippen molar-refractivity contribution >= 4 is 43.5 Å². The van der Waals surface area contributed by atoms with Crippen molar-refractivity contribution in [3.05, 3.63) is 53.0 Å². The van der Waals surface area contributed by atoms with E-state index in [1.54, 1.807) is 36.4 Å². The number of amides is 2. The third kappa shape index (κ3) is 4.45. The predicted molar refractivity (Wildman–Crippen MR) is 121 cm³/mol. The lowest BCUT2D eigenvalue weighted by Gasteiger charge is -2.29. The number of methoxy groups -OCH3 is 1. The summed E-state index contributed by atoms with van der Waals surface area (Å²) in [4.78, 5) is 27.2. The lowest BCUT2D eigenvalue weighted by atomic mass is 10.2. The molecule has 10 heteroatoms. The van der Waals surface area contributed by atoms with E-state index in [1.165, 1.54) is 19.2 Å². The number of nitrogens with zero attached hydrogens (tertiary/aromatic N) is 2. The van der Waals surface area contributed by atoms with Gasteiger partial charge >= 0.3 is 0 Å². The summed E-state index contributed by atoms with van der Waals surface area (Å²) >= 11 is 3.33. The molecule has 2 saturated heterocycles. The fourth-order valence-electron chi connectivity index (χ4n) is 3.97. The number of benzene rings is 2. The van der Waals surface area contributed by atoms with E-state index in [2.05, 4.69) is 15.9 Å². The zero-order chi connectivity index (χ0) is 22.9. The fraction of sp³-hybridized carbons (Fsp3) is 0.364. The van der Waals surface area contributed by atoms with Gasteiger partial charge in [0.05, 0.1) is 30.2 Å². The van der Waals surface area contributed by atoms with Crippen LogP contribution in [0.25, 0.3) is 0 Å². The first kappa shape index (κ1) is 22.9. The Hall–Kier alpha value is -2.27. The molecule has 0 N–H and O–H groups in total. The zero-order valence-electron chi connectivity index (χ0n) is 17.4. The minimum absolute atomic E-state index is 0.00618. The second-order valence-electron chi connectivity index (χ2n) is 7.65. The number of carbonyl (C=O) groups is 2. The molecule has 170 valence electrons. The molecule has 2 aromatic rings. The Kier molecular flexibility index (Phi) is 6.66. The van der Waals surface area contributed by atoms with Crippen LogP contribution >= 0.6 is 15.9 Å². The smallest absolute Gasteiger partial charge is 0.252 e. The molecule has 0 saturated carbocycles. The average molecular weight is 523 g/mol. The van der Waals surface area contributed by atoms with Gasteiger partial charge < -0.3 is 9.47 Å². The van der Waals surface area contributed by atoms with Gasteiger partial charge in [0.2, 0.25) is 15.9 Å². The van der Waals surface area contributed by atoms with Crippen molar-refractivity contribution in [2.45, 2.75) is 36.3 Å². The van der Waals surface area contributed by atoms with Gasteiger partial charge in [-0.15, -0.1) is 0 Å². The molecule has 2 atom stereocenters. The molecule has 0 aliphatic carbocycles. The molecule has 0 bridgehead atoms. The number of halogens is 1. The fourth-order valence-corrected chi connectivity index (χ4v) is 5.84.